The Kier molecular flexibility index (Phi) is 3.82. The number of allylic oxidation sites excluding steroid dienone is 2. The lowest BCUT2D eigenvalue weighted by atomic mass is 10.2. The van der Waals surface area contributed by atoms with Crippen LogP contribution < -0.4 is 10.9 Å². The van der Waals surface area contributed by atoms with Gasteiger partial charge in [-0.2, -0.15) is 0 Å². The number of hydrogen-bond acceptors (Lipinski definition) is 3. The number of benzene rings is 1. The molecule has 0 aliphatic carbocycles. The zero-order valence-corrected chi connectivity index (χ0v) is 11.7. The topological polar surface area (TPSA) is 27.3 Å². The standard InChI is InChI=1S/C14H18ClN3/c1-10-8-12(9-18(10)3)11(2)16-17-14-6-4-13(15)5-7-14/h4-8,16-17H,9H2,1-3H3. The Labute approximate surface area is 113 Å². The van der Waals surface area contributed by atoms with Gasteiger partial charge in [0.25, 0.3) is 0 Å². The first-order valence-electron chi connectivity index (χ1n) is 5.93. The summed E-state index contributed by atoms with van der Waals surface area (Å²) >= 11 is 5.84. The molecule has 18 heavy (non-hydrogen) atoms. The molecule has 0 atom stereocenters. The predicted molar refractivity (Wildman–Crippen MR) is 77.3 cm³/mol. The van der Waals surface area contributed by atoms with E-state index < -0.39 is 0 Å². The Morgan fingerprint density at radius 3 is 2.50 bits per heavy atom. The minimum absolute atomic E-state index is 0.742. The summed E-state index contributed by atoms with van der Waals surface area (Å²) in [5, 5.41) is 0.742. The summed E-state index contributed by atoms with van der Waals surface area (Å²) in [5.41, 5.74) is 11.1. The monoisotopic (exact) mass is 263 g/mol. The lowest BCUT2D eigenvalue weighted by Crippen LogP contribution is -2.22. The normalized spacial score (nSPS) is 17.6. The molecule has 0 radical (unpaired) electrons. The second-order valence-corrected chi connectivity index (χ2v) is 4.99. The average Bonchev–Trinajstić information content (AvgIpc) is 2.69. The maximum Gasteiger partial charge on any atom is 0.0540 e. The zero-order valence-electron chi connectivity index (χ0n) is 10.9. The van der Waals surface area contributed by atoms with Crippen molar-refractivity contribution in [2.75, 3.05) is 19.0 Å². The first-order chi connectivity index (χ1) is 8.56. The molecule has 96 valence electrons. The van der Waals surface area contributed by atoms with Crippen LogP contribution in [0.2, 0.25) is 5.02 Å². The largest absolute Gasteiger partial charge is 0.374 e. The van der Waals surface area contributed by atoms with Crippen molar-refractivity contribution in [3.05, 3.63) is 52.3 Å². The van der Waals surface area contributed by atoms with Gasteiger partial charge in [-0.1, -0.05) is 11.6 Å². The molecule has 1 aliphatic rings. The Morgan fingerprint density at radius 2 is 1.94 bits per heavy atom. The highest BCUT2D eigenvalue weighted by Gasteiger charge is 2.12. The smallest absolute Gasteiger partial charge is 0.0540 e. The van der Waals surface area contributed by atoms with Crippen molar-refractivity contribution in [2.45, 2.75) is 13.8 Å². The van der Waals surface area contributed by atoms with Crippen LogP contribution in [-0.4, -0.2) is 18.5 Å². The number of anilines is 1. The van der Waals surface area contributed by atoms with Gasteiger partial charge in [0, 0.05) is 30.0 Å². The van der Waals surface area contributed by atoms with Gasteiger partial charge in [0.05, 0.1) is 5.69 Å². The van der Waals surface area contributed by atoms with Gasteiger partial charge in [-0.3, -0.25) is 0 Å². The van der Waals surface area contributed by atoms with Crippen LogP contribution >= 0.6 is 11.6 Å². The van der Waals surface area contributed by atoms with Gasteiger partial charge in [0.1, 0.15) is 0 Å². The van der Waals surface area contributed by atoms with Crippen LogP contribution in [0.4, 0.5) is 5.69 Å². The summed E-state index contributed by atoms with van der Waals surface area (Å²) in [4.78, 5) is 2.23. The molecule has 3 nitrogen and oxygen atoms in total. The molecule has 0 fully saturated rings. The summed E-state index contributed by atoms with van der Waals surface area (Å²) in [7, 11) is 2.10. The van der Waals surface area contributed by atoms with Crippen LogP contribution in [0, 0.1) is 0 Å². The molecule has 1 aromatic rings. The number of hydrogen-bond donors (Lipinski definition) is 2. The van der Waals surface area contributed by atoms with Crippen LogP contribution in [0.5, 0.6) is 0 Å². The van der Waals surface area contributed by atoms with E-state index in [1.54, 1.807) is 0 Å². The number of hydrazine groups is 1. The first-order valence-corrected chi connectivity index (χ1v) is 6.31. The highest BCUT2D eigenvalue weighted by molar-refractivity contribution is 6.30. The van der Waals surface area contributed by atoms with Crippen LogP contribution in [0.1, 0.15) is 13.8 Å². The summed E-state index contributed by atoms with van der Waals surface area (Å²) in [6.07, 6.45) is 2.20. The van der Waals surface area contributed by atoms with Crippen LogP contribution in [0.25, 0.3) is 0 Å². The Balaban J connectivity index is 1.98. The van der Waals surface area contributed by atoms with Crippen molar-refractivity contribution >= 4 is 17.3 Å². The van der Waals surface area contributed by atoms with Crippen molar-refractivity contribution < 1.29 is 0 Å². The van der Waals surface area contributed by atoms with E-state index in [1.807, 2.05) is 24.3 Å². The number of halogens is 1. The van der Waals surface area contributed by atoms with Crippen molar-refractivity contribution in [3.8, 4) is 0 Å². The molecule has 0 amide bonds. The molecule has 1 aromatic carbocycles. The lowest BCUT2D eigenvalue weighted by Gasteiger charge is -2.14. The quantitative estimate of drug-likeness (QED) is 0.819. The molecular weight excluding hydrogens is 246 g/mol. The second kappa shape index (κ2) is 5.36. The molecule has 0 unspecified atom stereocenters. The van der Waals surface area contributed by atoms with Gasteiger partial charge in [-0.25, -0.2) is 0 Å². The van der Waals surface area contributed by atoms with Gasteiger partial charge in [0.2, 0.25) is 0 Å². The van der Waals surface area contributed by atoms with Crippen LogP contribution in [-0.2, 0) is 0 Å². The van der Waals surface area contributed by atoms with E-state index in [1.165, 1.54) is 11.3 Å². The molecule has 1 aliphatic heterocycles. The van der Waals surface area contributed by atoms with Gasteiger partial charge >= 0.3 is 0 Å². The number of likely N-dealkylation sites (N-methyl/N-ethyl adjacent to an activating group) is 1. The minimum Gasteiger partial charge on any atom is -0.374 e. The second-order valence-electron chi connectivity index (χ2n) is 4.55. The van der Waals surface area contributed by atoms with Crippen molar-refractivity contribution in [2.24, 2.45) is 0 Å². The van der Waals surface area contributed by atoms with Crippen LogP contribution in [0.15, 0.2) is 47.3 Å². The third kappa shape index (κ3) is 2.99. The molecule has 0 spiro atoms. The Bertz CT molecular complexity index is 488. The van der Waals surface area contributed by atoms with E-state index in [9.17, 15) is 0 Å². The summed E-state index contributed by atoms with van der Waals surface area (Å²) in [6, 6.07) is 7.60. The Morgan fingerprint density at radius 1 is 1.28 bits per heavy atom. The molecule has 4 heteroatoms. The third-order valence-electron chi connectivity index (χ3n) is 3.11. The fourth-order valence-electron chi connectivity index (χ4n) is 1.79. The fourth-order valence-corrected chi connectivity index (χ4v) is 1.92. The van der Waals surface area contributed by atoms with Crippen molar-refractivity contribution in [3.63, 3.8) is 0 Å². The SMILES string of the molecule is CC1=CC(=C(C)NNc2ccc(Cl)cc2)CN1C. The lowest BCUT2D eigenvalue weighted by molar-refractivity contribution is 0.480. The fraction of sp³-hybridized carbons (Fsp3) is 0.286. The third-order valence-corrected chi connectivity index (χ3v) is 3.36. The molecule has 0 saturated carbocycles. The predicted octanol–water partition coefficient (Wildman–Crippen LogP) is 3.38. The Hall–Kier alpha value is -1.61. The molecule has 0 saturated heterocycles. The highest BCUT2D eigenvalue weighted by atomic mass is 35.5. The maximum atomic E-state index is 5.84. The number of nitrogens with zero attached hydrogens (tertiary/aromatic N) is 1. The molecular formula is C14H18ClN3. The zero-order chi connectivity index (χ0) is 13.1. The van der Waals surface area contributed by atoms with Gasteiger partial charge in [0.15, 0.2) is 0 Å². The molecule has 0 aromatic heterocycles. The highest BCUT2D eigenvalue weighted by Crippen LogP contribution is 2.19. The van der Waals surface area contributed by atoms with E-state index in [2.05, 4.69) is 42.7 Å². The summed E-state index contributed by atoms with van der Waals surface area (Å²) in [6.45, 7) is 5.14. The number of rotatable bonds is 3. The van der Waals surface area contributed by atoms with Crippen molar-refractivity contribution in [1.29, 1.82) is 0 Å². The molecule has 2 rings (SSSR count). The van der Waals surface area contributed by atoms with E-state index in [4.69, 9.17) is 11.6 Å². The first kappa shape index (κ1) is 12.8. The summed E-state index contributed by atoms with van der Waals surface area (Å²) < 4.78 is 0. The van der Waals surface area contributed by atoms with Gasteiger partial charge in [-0.15, -0.1) is 0 Å². The van der Waals surface area contributed by atoms with Crippen LogP contribution in [0.3, 0.4) is 0 Å². The van der Waals surface area contributed by atoms with E-state index >= 15 is 0 Å². The molecule has 0 bridgehead atoms. The van der Waals surface area contributed by atoms with Gasteiger partial charge < -0.3 is 15.8 Å². The van der Waals surface area contributed by atoms with E-state index in [0.29, 0.717) is 0 Å². The van der Waals surface area contributed by atoms with Gasteiger partial charge in [-0.05, 0) is 49.8 Å². The number of nitrogens with one attached hydrogen (secondary N) is 2. The molecule has 2 N–H and O–H groups in total. The van der Waals surface area contributed by atoms with E-state index in [0.717, 1.165) is 23.0 Å². The van der Waals surface area contributed by atoms with Crippen molar-refractivity contribution in [1.82, 2.24) is 10.3 Å². The summed E-state index contributed by atoms with van der Waals surface area (Å²) in [5.74, 6) is 0. The molecule has 1 heterocycles. The maximum absolute atomic E-state index is 5.84. The average molecular weight is 264 g/mol. The van der Waals surface area contributed by atoms with E-state index in [-0.39, 0.29) is 0 Å². The minimum atomic E-state index is 0.742.